The van der Waals surface area contributed by atoms with Crippen LogP contribution in [0.3, 0.4) is 0 Å². The number of ether oxygens (including phenoxy) is 1. The summed E-state index contributed by atoms with van der Waals surface area (Å²) >= 11 is 0. The first-order valence-corrected chi connectivity index (χ1v) is 12.9. The van der Waals surface area contributed by atoms with Crippen molar-refractivity contribution in [3.63, 3.8) is 0 Å². The summed E-state index contributed by atoms with van der Waals surface area (Å²) in [6.45, 7) is 5.10. The van der Waals surface area contributed by atoms with Crippen LogP contribution in [0.25, 0.3) is 12.2 Å². The predicted molar refractivity (Wildman–Crippen MR) is 128 cm³/mol. The molecular weight excluding hydrogens is 392 g/mol. The molecule has 0 aliphatic carbocycles. The van der Waals surface area contributed by atoms with Gasteiger partial charge in [-0.1, -0.05) is 88.8 Å². The van der Waals surface area contributed by atoms with E-state index in [0.717, 1.165) is 55.6 Å². The molecule has 0 atom stereocenters. The summed E-state index contributed by atoms with van der Waals surface area (Å²) in [4.78, 5) is 0.414. The number of sulfone groups is 1. The Labute approximate surface area is 183 Å². The lowest BCUT2D eigenvalue weighted by molar-refractivity contribution is 0.305. The Morgan fingerprint density at radius 3 is 1.80 bits per heavy atom. The van der Waals surface area contributed by atoms with Gasteiger partial charge in [0.25, 0.3) is 0 Å². The summed E-state index contributed by atoms with van der Waals surface area (Å²) in [5.41, 5.74) is 2.07. The summed E-state index contributed by atoms with van der Waals surface area (Å²) in [5.74, 6) is 1.13. The van der Waals surface area contributed by atoms with Gasteiger partial charge in [0, 0.05) is 0 Å². The van der Waals surface area contributed by atoms with Crippen molar-refractivity contribution in [1.82, 2.24) is 0 Å². The average Bonchev–Trinajstić information content (AvgIpc) is 2.76. The molecule has 2 rings (SSSR count). The first-order valence-electron chi connectivity index (χ1n) is 11.3. The molecule has 0 aliphatic heterocycles. The van der Waals surface area contributed by atoms with E-state index in [9.17, 15) is 8.42 Å². The zero-order valence-electron chi connectivity index (χ0n) is 18.5. The smallest absolute Gasteiger partial charge is 0.178 e. The topological polar surface area (TPSA) is 43.4 Å². The van der Waals surface area contributed by atoms with Gasteiger partial charge in [0.2, 0.25) is 0 Å². The molecule has 0 N–H and O–H groups in total. The summed E-state index contributed by atoms with van der Waals surface area (Å²) < 4.78 is 30.6. The van der Waals surface area contributed by atoms with Gasteiger partial charge in [-0.25, -0.2) is 8.42 Å². The van der Waals surface area contributed by atoms with Crippen LogP contribution in [0.15, 0.2) is 53.4 Å². The van der Waals surface area contributed by atoms with Crippen LogP contribution < -0.4 is 4.74 Å². The molecule has 30 heavy (non-hydrogen) atoms. The highest BCUT2D eigenvalue weighted by Crippen LogP contribution is 2.18. The Bertz CT molecular complexity index is 850. The zero-order chi connectivity index (χ0) is 21.7. The maximum Gasteiger partial charge on any atom is 0.178 e. The Balaban J connectivity index is 1.86. The van der Waals surface area contributed by atoms with Crippen molar-refractivity contribution >= 4 is 22.0 Å². The fraction of sp³-hybridized carbons (Fsp3) is 0.462. The lowest BCUT2D eigenvalue weighted by Crippen LogP contribution is -2.06. The van der Waals surface area contributed by atoms with Crippen LogP contribution in [0.1, 0.15) is 76.3 Å². The fourth-order valence-electron chi connectivity index (χ4n) is 3.21. The number of hydrogen-bond acceptors (Lipinski definition) is 3. The molecule has 2 aromatic rings. The SMILES string of the molecule is CCCCCCOc1ccc(/C=C/c2ccc(S(=O)(=O)CCCCCC)cc2)cc1. The Hall–Kier alpha value is -2.07. The summed E-state index contributed by atoms with van der Waals surface area (Å²) in [6.07, 6.45) is 12.7. The molecule has 164 valence electrons. The molecule has 0 spiro atoms. The highest BCUT2D eigenvalue weighted by molar-refractivity contribution is 7.91. The molecule has 0 bridgehead atoms. The van der Waals surface area contributed by atoms with E-state index in [4.69, 9.17) is 4.74 Å². The number of unbranched alkanes of at least 4 members (excludes halogenated alkanes) is 6. The maximum atomic E-state index is 12.4. The molecular formula is C26H36O3S. The van der Waals surface area contributed by atoms with Crippen molar-refractivity contribution in [2.24, 2.45) is 0 Å². The molecule has 0 heterocycles. The third kappa shape index (κ3) is 8.74. The first-order chi connectivity index (χ1) is 14.5. The molecule has 0 saturated heterocycles. The van der Waals surface area contributed by atoms with Crippen LogP contribution in [0.5, 0.6) is 5.75 Å². The lowest BCUT2D eigenvalue weighted by atomic mass is 10.1. The minimum absolute atomic E-state index is 0.231. The molecule has 2 aromatic carbocycles. The third-order valence-corrected chi connectivity index (χ3v) is 6.94. The van der Waals surface area contributed by atoms with E-state index in [2.05, 4.69) is 13.8 Å². The number of hydrogen-bond donors (Lipinski definition) is 0. The van der Waals surface area contributed by atoms with Gasteiger partial charge in [0.05, 0.1) is 17.3 Å². The van der Waals surface area contributed by atoms with Gasteiger partial charge in [0.15, 0.2) is 9.84 Å². The van der Waals surface area contributed by atoms with E-state index >= 15 is 0 Å². The Morgan fingerprint density at radius 2 is 1.23 bits per heavy atom. The van der Waals surface area contributed by atoms with Gasteiger partial charge < -0.3 is 4.74 Å². The van der Waals surface area contributed by atoms with Crippen molar-refractivity contribution in [3.05, 3.63) is 59.7 Å². The number of rotatable bonds is 14. The van der Waals surface area contributed by atoms with Crippen LogP contribution in [0, 0.1) is 0 Å². The standard InChI is InChI=1S/C26H36O3S/c1-3-5-7-9-21-29-25-17-13-23(14-18-25)11-12-24-15-19-26(20-16-24)30(27,28)22-10-8-6-4-2/h11-20H,3-10,21-22H2,1-2H3/b12-11+. The summed E-state index contributed by atoms with van der Waals surface area (Å²) in [7, 11) is -3.18. The van der Waals surface area contributed by atoms with E-state index in [1.54, 1.807) is 12.1 Å². The fourth-order valence-corrected chi connectivity index (χ4v) is 4.58. The van der Waals surface area contributed by atoms with Crippen LogP contribution in [0.2, 0.25) is 0 Å². The van der Waals surface area contributed by atoms with Gasteiger partial charge in [0.1, 0.15) is 5.75 Å². The van der Waals surface area contributed by atoms with Crippen LogP contribution in [-0.2, 0) is 9.84 Å². The van der Waals surface area contributed by atoms with E-state index in [1.165, 1.54) is 19.3 Å². The minimum Gasteiger partial charge on any atom is -0.494 e. The monoisotopic (exact) mass is 428 g/mol. The van der Waals surface area contributed by atoms with Crippen molar-refractivity contribution in [2.45, 2.75) is 70.1 Å². The second-order valence-corrected chi connectivity index (χ2v) is 9.87. The molecule has 0 saturated carbocycles. The quantitative estimate of drug-likeness (QED) is 0.237. The molecule has 4 heteroatoms. The number of benzene rings is 2. The Morgan fingerprint density at radius 1 is 0.700 bits per heavy atom. The molecule has 0 radical (unpaired) electrons. The summed E-state index contributed by atoms with van der Waals surface area (Å²) in [6, 6.07) is 15.2. The zero-order valence-corrected chi connectivity index (χ0v) is 19.3. The second-order valence-electron chi connectivity index (χ2n) is 7.76. The Kier molecular flexibility index (Phi) is 10.7. The van der Waals surface area contributed by atoms with Gasteiger partial charge in [-0.3, -0.25) is 0 Å². The second kappa shape index (κ2) is 13.3. The highest BCUT2D eigenvalue weighted by atomic mass is 32.2. The molecule has 0 unspecified atom stereocenters. The van der Waals surface area contributed by atoms with Crippen molar-refractivity contribution in [1.29, 1.82) is 0 Å². The molecule has 0 fully saturated rings. The van der Waals surface area contributed by atoms with E-state index in [1.807, 2.05) is 48.6 Å². The van der Waals surface area contributed by atoms with Gasteiger partial charge in [-0.05, 0) is 48.2 Å². The van der Waals surface area contributed by atoms with E-state index < -0.39 is 9.84 Å². The van der Waals surface area contributed by atoms with Crippen LogP contribution in [-0.4, -0.2) is 20.8 Å². The van der Waals surface area contributed by atoms with Gasteiger partial charge in [-0.15, -0.1) is 0 Å². The normalized spacial score (nSPS) is 11.8. The van der Waals surface area contributed by atoms with Crippen molar-refractivity contribution < 1.29 is 13.2 Å². The maximum absolute atomic E-state index is 12.4. The highest BCUT2D eigenvalue weighted by Gasteiger charge is 2.13. The third-order valence-electron chi connectivity index (χ3n) is 5.12. The summed E-state index contributed by atoms with van der Waals surface area (Å²) in [5, 5.41) is 0. The lowest BCUT2D eigenvalue weighted by Gasteiger charge is -2.06. The molecule has 3 nitrogen and oxygen atoms in total. The molecule has 0 aliphatic rings. The van der Waals surface area contributed by atoms with Crippen LogP contribution >= 0.6 is 0 Å². The van der Waals surface area contributed by atoms with Crippen molar-refractivity contribution in [2.75, 3.05) is 12.4 Å². The molecule has 0 amide bonds. The first kappa shape index (κ1) is 24.2. The minimum atomic E-state index is -3.18. The van der Waals surface area contributed by atoms with Crippen molar-refractivity contribution in [3.8, 4) is 5.75 Å². The van der Waals surface area contributed by atoms with E-state index in [0.29, 0.717) is 4.90 Å². The molecule has 0 aromatic heterocycles. The van der Waals surface area contributed by atoms with Gasteiger partial charge in [-0.2, -0.15) is 0 Å². The predicted octanol–water partition coefficient (Wildman–Crippen LogP) is 7.17. The van der Waals surface area contributed by atoms with Gasteiger partial charge >= 0.3 is 0 Å². The van der Waals surface area contributed by atoms with E-state index in [-0.39, 0.29) is 5.75 Å². The van der Waals surface area contributed by atoms with Crippen LogP contribution in [0.4, 0.5) is 0 Å². The largest absolute Gasteiger partial charge is 0.494 e. The average molecular weight is 429 g/mol.